The van der Waals surface area contributed by atoms with E-state index in [9.17, 15) is 4.79 Å². The molecule has 0 aromatic carbocycles. The number of piperidine rings is 1. The molecule has 1 amide bonds. The van der Waals surface area contributed by atoms with Crippen LogP contribution >= 0.6 is 0 Å². The van der Waals surface area contributed by atoms with Gasteiger partial charge in [0.15, 0.2) is 0 Å². The number of carbonyl (C=O) groups is 1. The lowest BCUT2D eigenvalue weighted by Crippen LogP contribution is -2.33. The van der Waals surface area contributed by atoms with E-state index < -0.39 is 0 Å². The van der Waals surface area contributed by atoms with Crippen LogP contribution in [-0.4, -0.2) is 26.0 Å². The molecule has 2 aliphatic rings. The Balaban J connectivity index is 2.11. The van der Waals surface area contributed by atoms with Gasteiger partial charge in [-0.15, -0.1) is 0 Å². The second-order valence-corrected chi connectivity index (χ2v) is 3.27. The summed E-state index contributed by atoms with van der Waals surface area (Å²) in [6, 6.07) is 0. The minimum atomic E-state index is 0.00868. The number of hydrogen-bond acceptors (Lipinski definition) is 2. The minimum absolute atomic E-state index is 0.00868. The Morgan fingerprint density at radius 3 is 3.00 bits per heavy atom. The molecule has 0 spiro atoms. The molecule has 3 nitrogen and oxygen atoms in total. The molecular formula is C7H12N2O. The molecule has 10 heavy (non-hydrogen) atoms. The van der Waals surface area contributed by atoms with Crippen molar-refractivity contribution in [3.05, 3.63) is 0 Å². The first kappa shape index (κ1) is 6.16. The molecule has 2 atom stereocenters. The molecule has 2 fully saturated rings. The van der Waals surface area contributed by atoms with Crippen LogP contribution in [0.2, 0.25) is 0 Å². The summed E-state index contributed by atoms with van der Waals surface area (Å²) < 4.78 is 0. The Kier molecular flexibility index (Phi) is 1.06. The Morgan fingerprint density at radius 2 is 2.60 bits per heavy atom. The summed E-state index contributed by atoms with van der Waals surface area (Å²) in [7, 11) is 1.71. The van der Waals surface area contributed by atoms with Crippen molar-refractivity contribution in [3.63, 3.8) is 0 Å². The number of fused-ring (bicyclic) bond motifs is 1. The fourth-order valence-electron chi connectivity index (χ4n) is 1.94. The molecule has 2 rings (SSSR count). The third-order valence-electron chi connectivity index (χ3n) is 2.74. The van der Waals surface area contributed by atoms with Crippen molar-refractivity contribution in [3.8, 4) is 0 Å². The van der Waals surface area contributed by atoms with Crippen LogP contribution in [0.15, 0.2) is 0 Å². The molecule has 56 valence electrons. The van der Waals surface area contributed by atoms with E-state index in [1.165, 1.54) is 0 Å². The van der Waals surface area contributed by atoms with Crippen molar-refractivity contribution in [1.29, 1.82) is 0 Å². The van der Waals surface area contributed by atoms with Gasteiger partial charge in [0.2, 0.25) is 5.91 Å². The predicted octanol–water partition coefficient (Wildman–Crippen LogP) is -0.658. The summed E-state index contributed by atoms with van der Waals surface area (Å²) in [6.07, 6.45) is 1.10. The highest BCUT2D eigenvalue weighted by Crippen LogP contribution is 2.54. The lowest BCUT2D eigenvalue weighted by atomic mass is 10.1. The first-order valence-corrected chi connectivity index (χ1v) is 3.72. The molecule has 3 heteroatoms. The summed E-state index contributed by atoms with van der Waals surface area (Å²) in [5.74, 6) is 0.856. The maximum atomic E-state index is 11.2. The zero-order chi connectivity index (χ0) is 7.19. The van der Waals surface area contributed by atoms with Crippen molar-refractivity contribution in [2.75, 3.05) is 20.1 Å². The third kappa shape index (κ3) is 0.560. The summed E-state index contributed by atoms with van der Waals surface area (Å²) >= 11 is 0. The Morgan fingerprint density at radius 1 is 1.80 bits per heavy atom. The SMILES string of the molecule is CNC(=O)[C@@]12CNC[C@@H]1C2. The lowest BCUT2D eigenvalue weighted by molar-refractivity contribution is -0.125. The molecule has 0 aromatic rings. The van der Waals surface area contributed by atoms with Crippen LogP contribution in [0.1, 0.15) is 6.42 Å². The highest BCUT2D eigenvalue weighted by atomic mass is 16.2. The second kappa shape index (κ2) is 1.72. The summed E-state index contributed by atoms with van der Waals surface area (Å²) in [5, 5.41) is 5.93. The zero-order valence-corrected chi connectivity index (χ0v) is 6.11. The van der Waals surface area contributed by atoms with Gasteiger partial charge in [0.05, 0.1) is 5.41 Å². The Hall–Kier alpha value is -0.570. The molecule has 0 unspecified atom stereocenters. The van der Waals surface area contributed by atoms with Crippen LogP contribution in [-0.2, 0) is 4.79 Å². The van der Waals surface area contributed by atoms with E-state index in [1.807, 2.05) is 0 Å². The largest absolute Gasteiger partial charge is 0.359 e. The maximum absolute atomic E-state index is 11.2. The van der Waals surface area contributed by atoms with Crippen molar-refractivity contribution >= 4 is 5.91 Å². The summed E-state index contributed by atoms with van der Waals surface area (Å²) in [6.45, 7) is 1.92. The van der Waals surface area contributed by atoms with E-state index in [0.29, 0.717) is 5.92 Å². The van der Waals surface area contributed by atoms with E-state index >= 15 is 0 Å². The van der Waals surface area contributed by atoms with E-state index in [1.54, 1.807) is 7.05 Å². The first-order chi connectivity index (χ1) is 4.79. The van der Waals surface area contributed by atoms with Gasteiger partial charge < -0.3 is 10.6 Å². The Bertz CT molecular complexity index is 180. The van der Waals surface area contributed by atoms with Crippen LogP contribution in [0.4, 0.5) is 0 Å². The highest BCUT2D eigenvalue weighted by molar-refractivity contribution is 5.86. The molecule has 1 aliphatic carbocycles. The second-order valence-electron chi connectivity index (χ2n) is 3.27. The number of amides is 1. The standard InChI is InChI=1S/C7H12N2O/c1-8-6(10)7-2-5(7)3-9-4-7/h5,9H,2-4H2,1H3,(H,8,10)/t5-,7-/m0/s1. The van der Waals surface area contributed by atoms with Gasteiger partial charge in [0.25, 0.3) is 0 Å². The fourth-order valence-corrected chi connectivity index (χ4v) is 1.94. The molecule has 0 bridgehead atoms. The van der Waals surface area contributed by atoms with Gasteiger partial charge in [-0.2, -0.15) is 0 Å². The Labute approximate surface area is 60.2 Å². The van der Waals surface area contributed by atoms with Crippen LogP contribution in [0.5, 0.6) is 0 Å². The van der Waals surface area contributed by atoms with Crippen LogP contribution in [0.3, 0.4) is 0 Å². The monoisotopic (exact) mass is 140 g/mol. The van der Waals surface area contributed by atoms with Crippen LogP contribution in [0.25, 0.3) is 0 Å². The molecule has 1 saturated heterocycles. The van der Waals surface area contributed by atoms with Crippen LogP contribution in [0, 0.1) is 11.3 Å². The quantitative estimate of drug-likeness (QED) is 0.508. The zero-order valence-electron chi connectivity index (χ0n) is 6.11. The van der Waals surface area contributed by atoms with Gasteiger partial charge in [0.1, 0.15) is 0 Å². The average Bonchev–Trinajstić information content (AvgIpc) is 2.54. The van der Waals surface area contributed by atoms with Gasteiger partial charge in [0, 0.05) is 13.6 Å². The first-order valence-electron chi connectivity index (χ1n) is 3.72. The van der Waals surface area contributed by atoms with E-state index in [2.05, 4.69) is 10.6 Å². The van der Waals surface area contributed by atoms with Gasteiger partial charge in [-0.1, -0.05) is 0 Å². The summed E-state index contributed by atoms with van der Waals surface area (Å²) in [5.41, 5.74) is 0.00868. The van der Waals surface area contributed by atoms with E-state index in [0.717, 1.165) is 19.5 Å². The van der Waals surface area contributed by atoms with Crippen molar-refractivity contribution < 1.29 is 4.79 Å². The number of hydrogen-bond donors (Lipinski definition) is 2. The number of nitrogens with one attached hydrogen (secondary N) is 2. The lowest BCUT2D eigenvalue weighted by Gasteiger charge is -2.07. The van der Waals surface area contributed by atoms with Crippen molar-refractivity contribution in [2.24, 2.45) is 11.3 Å². The maximum Gasteiger partial charge on any atom is 0.227 e. The van der Waals surface area contributed by atoms with E-state index in [-0.39, 0.29) is 11.3 Å². The highest BCUT2D eigenvalue weighted by Gasteiger charge is 2.62. The molecule has 0 radical (unpaired) electrons. The summed E-state index contributed by atoms with van der Waals surface area (Å²) in [4.78, 5) is 11.2. The van der Waals surface area contributed by atoms with Crippen molar-refractivity contribution in [2.45, 2.75) is 6.42 Å². The average molecular weight is 140 g/mol. The molecule has 1 heterocycles. The molecular weight excluding hydrogens is 128 g/mol. The minimum Gasteiger partial charge on any atom is -0.359 e. The van der Waals surface area contributed by atoms with Gasteiger partial charge in [-0.3, -0.25) is 4.79 Å². The van der Waals surface area contributed by atoms with Crippen LogP contribution < -0.4 is 10.6 Å². The molecule has 1 aliphatic heterocycles. The van der Waals surface area contributed by atoms with E-state index in [4.69, 9.17) is 0 Å². The smallest absolute Gasteiger partial charge is 0.227 e. The number of rotatable bonds is 1. The topological polar surface area (TPSA) is 41.1 Å². The number of carbonyl (C=O) groups excluding carboxylic acids is 1. The van der Waals surface area contributed by atoms with Gasteiger partial charge >= 0.3 is 0 Å². The van der Waals surface area contributed by atoms with Gasteiger partial charge in [-0.05, 0) is 18.9 Å². The molecule has 2 N–H and O–H groups in total. The molecule has 0 aromatic heterocycles. The normalized spacial score (nSPS) is 42.7. The molecule has 1 saturated carbocycles. The van der Waals surface area contributed by atoms with Gasteiger partial charge in [-0.25, -0.2) is 0 Å². The predicted molar refractivity (Wildman–Crippen MR) is 37.5 cm³/mol. The van der Waals surface area contributed by atoms with Crippen molar-refractivity contribution in [1.82, 2.24) is 10.6 Å². The third-order valence-corrected chi connectivity index (χ3v) is 2.74. The fraction of sp³-hybridized carbons (Fsp3) is 0.857.